The van der Waals surface area contributed by atoms with Gasteiger partial charge in [0.05, 0.1) is 27.4 Å². The maximum absolute atomic E-state index is 6.56. The predicted molar refractivity (Wildman–Crippen MR) is 104 cm³/mol. The Hall–Kier alpha value is -1.95. The van der Waals surface area contributed by atoms with Crippen LogP contribution in [-0.4, -0.2) is 52.4 Å². The number of halogens is 1. The Bertz CT molecular complexity index is 723. The van der Waals surface area contributed by atoms with Crippen molar-refractivity contribution in [1.82, 2.24) is 10.2 Å². The van der Waals surface area contributed by atoms with Gasteiger partial charge in [0.1, 0.15) is 0 Å². The average molecular weight is 377 g/mol. The summed E-state index contributed by atoms with van der Waals surface area (Å²) in [6.45, 7) is 3.77. The molecule has 1 N–H and O–H groups in total. The first kappa shape index (κ1) is 18.8. The number of methoxy groups -OCH3 is 3. The fourth-order valence-corrected chi connectivity index (χ4v) is 3.72. The Morgan fingerprint density at radius 2 is 1.58 bits per heavy atom. The van der Waals surface area contributed by atoms with Crippen molar-refractivity contribution in [3.8, 4) is 17.2 Å². The molecule has 1 aliphatic rings. The molecule has 1 saturated heterocycles. The van der Waals surface area contributed by atoms with Gasteiger partial charge in [-0.15, -0.1) is 0 Å². The van der Waals surface area contributed by atoms with E-state index in [4.69, 9.17) is 25.8 Å². The van der Waals surface area contributed by atoms with Gasteiger partial charge in [-0.1, -0.05) is 29.8 Å². The molecule has 5 nitrogen and oxygen atoms in total. The van der Waals surface area contributed by atoms with Crippen molar-refractivity contribution >= 4 is 11.6 Å². The van der Waals surface area contributed by atoms with Gasteiger partial charge in [-0.3, -0.25) is 4.90 Å². The first-order valence-electron chi connectivity index (χ1n) is 8.68. The van der Waals surface area contributed by atoms with Crippen molar-refractivity contribution in [3.63, 3.8) is 0 Å². The van der Waals surface area contributed by atoms with Crippen molar-refractivity contribution in [2.45, 2.75) is 6.04 Å². The quantitative estimate of drug-likeness (QED) is 0.837. The van der Waals surface area contributed by atoms with E-state index in [2.05, 4.69) is 16.3 Å². The fraction of sp³-hybridized carbons (Fsp3) is 0.400. The van der Waals surface area contributed by atoms with Crippen LogP contribution in [0.4, 0.5) is 0 Å². The molecule has 2 aromatic rings. The van der Waals surface area contributed by atoms with Gasteiger partial charge in [0, 0.05) is 31.2 Å². The smallest absolute Gasteiger partial charge is 0.203 e. The lowest BCUT2D eigenvalue weighted by Gasteiger charge is -2.36. The summed E-state index contributed by atoms with van der Waals surface area (Å²) in [4.78, 5) is 2.43. The second kappa shape index (κ2) is 8.62. The van der Waals surface area contributed by atoms with E-state index in [1.165, 1.54) is 0 Å². The molecule has 3 rings (SSSR count). The molecule has 0 saturated carbocycles. The summed E-state index contributed by atoms with van der Waals surface area (Å²) in [6, 6.07) is 12.0. The molecule has 0 radical (unpaired) electrons. The van der Waals surface area contributed by atoms with E-state index in [0.717, 1.165) is 42.3 Å². The van der Waals surface area contributed by atoms with E-state index in [1.807, 2.05) is 30.3 Å². The Balaban J connectivity index is 2.14. The standard InChI is InChI=1S/C20H25ClN2O3/c1-24-17-12-14(13-18(25-2)20(17)26-3)19(23-10-8-22-9-11-23)15-6-4-5-7-16(15)21/h4-7,12-13,19,22H,8-11H2,1-3H3. The van der Waals surface area contributed by atoms with Crippen molar-refractivity contribution in [2.75, 3.05) is 47.5 Å². The lowest BCUT2D eigenvalue weighted by molar-refractivity contribution is 0.197. The summed E-state index contributed by atoms with van der Waals surface area (Å²) in [7, 11) is 4.88. The van der Waals surface area contributed by atoms with Crippen LogP contribution >= 0.6 is 11.6 Å². The van der Waals surface area contributed by atoms with Crippen LogP contribution in [0.25, 0.3) is 0 Å². The third-order valence-corrected chi connectivity index (χ3v) is 5.06. The molecule has 6 heteroatoms. The van der Waals surface area contributed by atoms with Gasteiger partial charge in [-0.2, -0.15) is 0 Å². The summed E-state index contributed by atoms with van der Waals surface area (Å²) < 4.78 is 16.6. The first-order chi connectivity index (χ1) is 12.7. The minimum Gasteiger partial charge on any atom is -0.493 e. The molecule has 0 amide bonds. The van der Waals surface area contributed by atoms with Crippen LogP contribution in [0.2, 0.25) is 5.02 Å². The lowest BCUT2D eigenvalue weighted by atomic mass is 9.95. The number of nitrogens with zero attached hydrogens (tertiary/aromatic N) is 1. The Morgan fingerprint density at radius 3 is 2.12 bits per heavy atom. The highest BCUT2D eigenvalue weighted by Crippen LogP contribution is 2.43. The largest absolute Gasteiger partial charge is 0.493 e. The third-order valence-electron chi connectivity index (χ3n) is 4.72. The van der Waals surface area contributed by atoms with E-state index in [9.17, 15) is 0 Å². The molecular weight excluding hydrogens is 352 g/mol. The molecule has 2 aromatic carbocycles. The minimum absolute atomic E-state index is 0.0134. The number of benzene rings is 2. The molecular formula is C20H25ClN2O3. The maximum Gasteiger partial charge on any atom is 0.203 e. The highest BCUT2D eigenvalue weighted by molar-refractivity contribution is 6.31. The average Bonchev–Trinajstić information content (AvgIpc) is 2.69. The highest BCUT2D eigenvalue weighted by Gasteiger charge is 2.28. The molecule has 1 atom stereocenters. The first-order valence-corrected chi connectivity index (χ1v) is 9.06. The number of hydrogen-bond donors (Lipinski definition) is 1. The molecule has 1 aliphatic heterocycles. The molecule has 1 heterocycles. The molecule has 0 aromatic heterocycles. The van der Waals surface area contributed by atoms with Crippen LogP contribution in [0.5, 0.6) is 17.2 Å². The monoisotopic (exact) mass is 376 g/mol. The van der Waals surface area contributed by atoms with Gasteiger partial charge in [-0.05, 0) is 29.3 Å². The second-order valence-corrected chi connectivity index (χ2v) is 6.58. The van der Waals surface area contributed by atoms with Crippen molar-refractivity contribution in [3.05, 3.63) is 52.5 Å². The zero-order valence-electron chi connectivity index (χ0n) is 15.4. The van der Waals surface area contributed by atoms with Gasteiger partial charge < -0.3 is 19.5 Å². The van der Waals surface area contributed by atoms with Gasteiger partial charge in [0.15, 0.2) is 11.5 Å². The normalized spacial score (nSPS) is 16.2. The van der Waals surface area contributed by atoms with Crippen molar-refractivity contribution in [1.29, 1.82) is 0 Å². The molecule has 1 fully saturated rings. The SMILES string of the molecule is COc1cc(C(c2ccccc2Cl)N2CCNCC2)cc(OC)c1OC. The minimum atomic E-state index is 0.0134. The maximum atomic E-state index is 6.56. The Morgan fingerprint density at radius 1 is 0.962 bits per heavy atom. The van der Waals surface area contributed by atoms with E-state index < -0.39 is 0 Å². The number of nitrogens with one attached hydrogen (secondary N) is 1. The van der Waals surface area contributed by atoms with Crippen LogP contribution in [0, 0.1) is 0 Å². The summed E-state index contributed by atoms with van der Waals surface area (Å²) in [5.74, 6) is 1.89. The Labute approximate surface area is 159 Å². The van der Waals surface area contributed by atoms with Gasteiger partial charge in [0.25, 0.3) is 0 Å². The van der Waals surface area contributed by atoms with Gasteiger partial charge in [-0.25, -0.2) is 0 Å². The zero-order chi connectivity index (χ0) is 18.5. The number of rotatable bonds is 6. The molecule has 0 spiro atoms. The van der Waals surface area contributed by atoms with E-state index in [0.29, 0.717) is 17.2 Å². The molecule has 1 unspecified atom stereocenters. The number of ether oxygens (including phenoxy) is 3. The summed E-state index contributed by atoms with van der Waals surface area (Å²) in [5.41, 5.74) is 2.14. The predicted octanol–water partition coefficient (Wildman–Crippen LogP) is 3.36. The summed E-state index contributed by atoms with van der Waals surface area (Å²) in [5, 5.41) is 4.16. The van der Waals surface area contributed by atoms with Crippen LogP contribution < -0.4 is 19.5 Å². The van der Waals surface area contributed by atoms with Gasteiger partial charge >= 0.3 is 0 Å². The topological polar surface area (TPSA) is 43.0 Å². The van der Waals surface area contributed by atoms with Crippen molar-refractivity contribution < 1.29 is 14.2 Å². The highest BCUT2D eigenvalue weighted by atomic mass is 35.5. The number of hydrogen-bond acceptors (Lipinski definition) is 5. The summed E-state index contributed by atoms with van der Waals surface area (Å²) >= 11 is 6.56. The molecule has 140 valence electrons. The van der Waals surface area contributed by atoms with Crippen molar-refractivity contribution in [2.24, 2.45) is 0 Å². The Kier molecular flexibility index (Phi) is 6.25. The zero-order valence-corrected chi connectivity index (χ0v) is 16.2. The van der Waals surface area contributed by atoms with Crippen LogP contribution in [0.1, 0.15) is 17.2 Å². The molecule has 26 heavy (non-hydrogen) atoms. The van der Waals surface area contributed by atoms with Crippen LogP contribution in [0.3, 0.4) is 0 Å². The van der Waals surface area contributed by atoms with E-state index >= 15 is 0 Å². The van der Waals surface area contributed by atoms with Crippen LogP contribution in [-0.2, 0) is 0 Å². The number of piperazine rings is 1. The van der Waals surface area contributed by atoms with E-state index in [1.54, 1.807) is 21.3 Å². The molecule has 0 bridgehead atoms. The van der Waals surface area contributed by atoms with Crippen LogP contribution in [0.15, 0.2) is 36.4 Å². The fourth-order valence-electron chi connectivity index (χ4n) is 3.48. The van der Waals surface area contributed by atoms with Gasteiger partial charge in [0.2, 0.25) is 5.75 Å². The lowest BCUT2D eigenvalue weighted by Crippen LogP contribution is -2.45. The van der Waals surface area contributed by atoms with E-state index in [-0.39, 0.29) is 6.04 Å². The second-order valence-electron chi connectivity index (χ2n) is 6.17. The molecule has 0 aliphatic carbocycles. The third kappa shape index (κ3) is 3.75. The summed E-state index contributed by atoms with van der Waals surface area (Å²) in [6.07, 6.45) is 0.